The number of ether oxygens (including phenoxy) is 1. The highest BCUT2D eigenvalue weighted by molar-refractivity contribution is 5.53. The van der Waals surface area contributed by atoms with Gasteiger partial charge in [0.2, 0.25) is 0 Å². The highest BCUT2D eigenvalue weighted by Crippen LogP contribution is 2.31. The van der Waals surface area contributed by atoms with E-state index in [9.17, 15) is 8.78 Å². The molecule has 0 spiro atoms. The first-order valence-corrected chi connectivity index (χ1v) is 7.41. The lowest BCUT2D eigenvalue weighted by atomic mass is 10.0. The van der Waals surface area contributed by atoms with E-state index in [2.05, 4.69) is 0 Å². The number of nitrogens with zero attached hydrogens (tertiary/aromatic N) is 2. The quantitative estimate of drug-likeness (QED) is 0.847. The highest BCUT2D eigenvalue weighted by Gasteiger charge is 2.27. The van der Waals surface area contributed by atoms with Crippen LogP contribution in [0.4, 0.5) is 14.5 Å². The van der Waals surface area contributed by atoms with Crippen molar-refractivity contribution in [1.29, 1.82) is 5.26 Å². The van der Waals surface area contributed by atoms with E-state index in [1.165, 1.54) is 0 Å². The third-order valence-electron chi connectivity index (χ3n) is 4.06. The molecule has 1 saturated heterocycles. The lowest BCUT2D eigenvalue weighted by molar-refractivity contribution is 0.0389. The second kappa shape index (κ2) is 6.35. The maximum Gasteiger partial charge on any atom is 0.150 e. The first kappa shape index (κ1) is 15.4. The predicted molar refractivity (Wildman–Crippen MR) is 83.2 cm³/mol. The van der Waals surface area contributed by atoms with Crippen molar-refractivity contribution in [3.8, 4) is 6.07 Å². The summed E-state index contributed by atoms with van der Waals surface area (Å²) in [6, 6.07) is 11.7. The van der Waals surface area contributed by atoms with E-state index in [4.69, 9.17) is 10.00 Å². The molecular formula is C18H16F2N2O. The topological polar surface area (TPSA) is 36.3 Å². The number of hydrogen-bond donors (Lipinski definition) is 0. The third kappa shape index (κ3) is 3.03. The van der Waals surface area contributed by atoms with Gasteiger partial charge in [0.05, 0.1) is 18.2 Å². The van der Waals surface area contributed by atoms with E-state index >= 15 is 0 Å². The van der Waals surface area contributed by atoms with Crippen LogP contribution in [0, 0.1) is 29.9 Å². The molecule has 5 heteroatoms. The maximum absolute atomic E-state index is 14.2. The molecule has 0 bridgehead atoms. The summed E-state index contributed by atoms with van der Waals surface area (Å²) in [5.74, 6) is -1.43. The fraction of sp³-hybridized carbons (Fsp3) is 0.278. The van der Waals surface area contributed by atoms with Crippen molar-refractivity contribution in [3.63, 3.8) is 0 Å². The molecule has 3 rings (SSSR count). The Hall–Kier alpha value is -2.45. The second-order valence-electron chi connectivity index (χ2n) is 5.56. The Balaban J connectivity index is 1.91. The van der Waals surface area contributed by atoms with Gasteiger partial charge in [0.25, 0.3) is 0 Å². The molecule has 23 heavy (non-hydrogen) atoms. The Morgan fingerprint density at radius 1 is 1.22 bits per heavy atom. The molecule has 2 aromatic carbocycles. The molecule has 3 nitrogen and oxygen atoms in total. The van der Waals surface area contributed by atoms with E-state index in [1.54, 1.807) is 11.0 Å². The number of benzene rings is 2. The molecule has 0 saturated carbocycles. The van der Waals surface area contributed by atoms with Crippen LogP contribution in [0.3, 0.4) is 0 Å². The minimum atomic E-state index is -0.716. The van der Waals surface area contributed by atoms with Crippen molar-refractivity contribution in [3.05, 3.63) is 64.7 Å². The number of halogens is 2. The highest BCUT2D eigenvalue weighted by atomic mass is 19.1. The summed E-state index contributed by atoms with van der Waals surface area (Å²) in [4.78, 5) is 1.65. The molecule has 0 amide bonds. The molecule has 1 aliphatic rings. The summed E-state index contributed by atoms with van der Waals surface area (Å²) in [5, 5.41) is 8.79. The van der Waals surface area contributed by atoms with Crippen LogP contribution in [0.2, 0.25) is 0 Å². The van der Waals surface area contributed by atoms with Crippen molar-refractivity contribution < 1.29 is 13.5 Å². The summed E-state index contributed by atoms with van der Waals surface area (Å²) in [7, 11) is 0. The van der Waals surface area contributed by atoms with Gasteiger partial charge < -0.3 is 9.64 Å². The summed E-state index contributed by atoms with van der Waals surface area (Å²) in [5.41, 5.74) is 1.99. The van der Waals surface area contributed by atoms with Crippen LogP contribution in [0.15, 0.2) is 36.4 Å². The van der Waals surface area contributed by atoms with Crippen molar-refractivity contribution >= 4 is 5.69 Å². The molecule has 1 fully saturated rings. The van der Waals surface area contributed by atoms with Gasteiger partial charge >= 0.3 is 0 Å². The average molecular weight is 314 g/mol. The lowest BCUT2D eigenvalue weighted by Crippen LogP contribution is -2.39. The van der Waals surface area contributed by atoms with Crippen LogP contribution in [0.5, 0.6) is 0 Å². The van der Waals surface area contributed by atoms with Crippen molar-refractivity contribution in [2.45, 2.75) is 13.0 Å². The molecule has 1 aliphatic heterocycles. The molecule has 0 radical (unpaired) electrons. The zero-order chi connectivity index (χ0) is 16.4. The predicted octanol–water partition coefficient (Wildman–Crippen LogP) is 3.72. The molecule has 1 heterocycles. The number of aryl methyl sites for hydroxylation is 1. The van der Waals surface area contributed by atoms with Crippen LogP contribution in [0.25, 0.3) is 0 Å². The molecule has 1 atom stereocenters. The van der Waals surface area contributed by atoms with Crippen LogP contribution in [0.1, 0.15) is 22.8 Å². The summed E-state index contributed by atoms with van der Waals surface area (Å²) < 4.78 is 34.2. The van der Waals surface area contributed by atoms with Crippen molar-refractivity contribution in [2.75, 3.05) is 24.6 Å². The minimum Gasteiger partial charge on any atom is -0.370 e. The van der Waals surface area contributed by atoms with Crippen molar-refractivity contribution in [1.82, 2.24) is 0 Å². The van der Waals surface area contributed by atoms with Gasteiger partial charge in [0, 0.05) is 13.1 Å². The number of morpholine rings is 1. The van der Waals surface area contributed by atoms with Crippen LogP contribution >= 0.6 is 0 Å². The number of rotatable bonds is 2. The summed E-state index contributed by atoms with van der Waals surface area (Å²) in [6.07, 6.45) is -0.237. The van der Waals surface area contributed by atoms with E-state index in [-0.39, 0.29) is 17.4 Å². The van der Waals surface area contributed by atoms with Gasteiger partial charge in [-0.1, -0.05) is 24.3 Å². The molecular weight excluding hydrogens is 298 g/mol. The first-order valence-electron chi connectivity index (χ1n) is 7.41. The number of nitriles is 1. The van der Waals surface area contributed by atoms with Crippen LogP contribution in [-0.2, 0) is 4.74 Å². The average Bonchev–Trinajstić information content (AvgIpc) is 2.55. The van der Waals surface area contributed by atoms with E-state index in [0.717, 1.165) is 23.3 Å². The SMILES string of the molecule is Cc1ccccc1C1CN(c2c(F)cc(C#N)cc2F)CCO1. The Kier molecular flexibility index (Phi) is 4.26. The van der Waals surface area contributed by atoms with E-state index < -0.39 is 11.6 Å². The van der Waals surface area contributed by atoms with Crippen molar-refractivity contribution in [2.24, 2.45) is 0 Å². The maximum atomic E-state index is 14.2. The minimum absolute atomic E-state index is 0.0209. The lowest BCUT2D eigenvalue weighted by Gasteiger charge is -2.35. The zero-order valence-corrected chi connectivity index (χ0v) is 12.7. The summed E-state index contributed by atoms with van der Waals surface area (Å²) >= 11 is 0. The normalized spacial score (nSPS) is 17.8. The van der Waals surface area contributed by atoms with Gasteiger partial charge in [0.15, 0.2) is 11.6 Å². The zero-order valence-electron chi connectivity index (χ0n) is 12.7. The molecule has 0 aromatic heterocycles. The number of anilines is 1. The monoisotopic (exact) mass is 314 g/mol. The van der Waals surface area contributed by atoms with Gasteiger partial charge in [-0.05, 0) is 30.2 Å². The van der Waals surface area contributed by atoms with Gasteiger partial charge in [0.1, 0.15) is 11.8 Å². The van der Waals surface area contributed by atoms with Crippen LogP contribution < -0.4 is 4.90 Å². The third-order valence-corrected chi connectivity index (χ3v) is 4.06. The Morgan fingerprint density at radius 3 is 2.57 bits per heavy atom. The smallest absolute Gasteiger partial charge is 0.150 e. The van der Waals surface area contributed by atoms with Gasteiger partial charge in [-0.3, -0.25) is 0 Å². The molecule has 0 N–H and O–H groups in total. The van der Waals surface area contributed by atoms with Crippen LogP contribution in [-0.4, -0.2) is 19.7 Å². The standard InChI is InChI=1S/C18H16F2N2O/c1-12-4-2-3-5-14(12)17-11-22(6-7-23-17)18-15(19)8-13(10-21)9-16(18)20/h2-5,8-9,17H,6-7,11H2,1H3. The molecule has 0 aliphatic carbocycles. The first-order chi connectivity index (χ1) is 11.1. The van der Waals surface area contributed by atoms with E-state index in [1.807, 2.05) is 31.2 Å². The molecule has 1 unspecified atom stereocenters. The Bertz CT molecular complexity index is 747. The largest absolute Gasteiger partial charge is 0.370 e. The van der Waals surface area contributed by atoms with E-state index in [0.29, 0.717) is 19.7 Å². The Labute approximate surface area is 133 Å². The molecule has 2 aromatic rings. The van der Waals surface area contributed by atoms with Gasteiger partial charge in [-0.2, -0.15) is 5.26 Å². The fourth-order valence-electron chi connectivity index (χ4n) is 2.92. The fourth-order valence-corrected chi connectivity index (χ4v) is 2.92. The van der Waals surface area contributed by atoms with Gasteiger partial charge in [-0.25, -0.2) is 8.78 Å². The Morgan fingerprint density at radius 2 is 1.91 bits per heavy atom. The van der Waals surface area contributed by atoms with Gasteiger partial charge in [-0.15, -0.1) is 0 Å². The summed E-state index contributed by atoms with van der Waals surface area (Å²) in [6.45, 7) is 3.14. The second-order valence-corrected chi connectivity index (χ2v) is 5.56. The molecule has 118 valence electrons. The number of hydrogen-bond acceptors (Lipinski definition) is 3.